The van der Waals surface area contributed by atoms with Crippen LogP contribution in [0.15, 0.2) is 83.8 Å². The number of rotatable bonds is 7. The molecule has 1 amide bonds. The van der Waals surface area contributed by atoms with Crippen LogP contribution in [0.4, 0.5) is 0 Å². The van der Waals surface area contributed by atoms with Crippen LogP contribution < -0.4 is 5.32 Å². The van der Waals surface area contributed by atoms with Gasteiger partial charge in [-0.05, 0) is 41.8 Å². The lowest BCUT2D eigenvalue weighted by Gasteiger charge is -2.26. The molecule has 0 spiro atoms. The lowest BCUT2D eigenvalue weighted by atomic mass is 9.98. The second-order valence-corrected chi connectivity index (χ2v) is 10.1. The molecule has 4 rings (SSSR count). The lowest BCUT2D eigenvalue weighted by Crippen LogP contribution is -2.40. The number of amides is 1. The van der Waals surface area contributed by atoms with Crippen LogP contribution in [0.1, 0.15) is 27.5 Å². The minimum Gasteiger partial charge on any atom is -0.379 e. The molecule has 0 saturated carbocycles. The number of halogens is 1. The van der Waals surface area contributed by atoms with Gasteiger partial charge in [-0.25, -0.2) is 8.42 Å². The van der Waals surface area contributed by atoms with E-state index in [9.17, 15) is 13.2 Å². The molecule has 3 aromatic rings. The van der Waals surface area contributed by atoms with E-state index in [0.717, 1.165) is 11.1 Å². The molecule has 1 fully saturated rings. The van der Waals surface area contributed by atoms with Gasteiger partial charge in [-0.3, -0.25) is 4.79 Å². The van der Waals surface area contributed by atoms with Crippen molar-refractivity contribution in [3.63, 3.8) is 0 Å². The highest BCUT2D eigenvalue weighted by molar-refractivity contribution is 7.89. The van der Waals surface area contributed by atoms with Crippen LogP contribution in [0.5, 0.6) is 0 Å². The van der Waals surface area contributed by atoms with Gasteiger partial charge in [0.2, 0.25) is 10.0 Å². The van der Waals surface area contributed by atoms with Gasteiger partial charge in [0, 0.05) is 23.7 Å². The highest BCUT2D eigenvalue weighted by atomic mass is 35.5. The van der Waals surface area contributed by atoms with E-state index in [1.807, 2.05) is 54.6 Å². The fraction of sp³-hybridized carbons (Fsp3) is 0.240. The maximum atomic E-state index is 13.2. The SMILES string of the molecule is O=C(NC(Cc1ccccc1Cl)c1ccccc1)c1cccc(S(=O)(=O)N2CCOCC2)c1. The van der Waals surface area contributed by atoms with Crippen molar-refractivity contribution in [2.75, 3.05) is 26.3 Å². The molecular weight excluding hydrogens is 460 g/mol. The van der Waals surface area contributed by atoms with Gasteiger partial charge in [0.05, 0.1) is 24.2 Å². The van der Waals surface area contributed by atoms with Gasteiger partial charge >= 0.3 is 0 Å². The zero-order valence-corrected chi connectivity index (χ0v) is 19.6. The molecule has 33 heavy (non-hydrogen) atoms. The van der Waals surface area contributed by atoms with Crippen molar-refractivity contribution in [1.29, 1.82) is 0 Å². The summed E-state index contributed by atoms with van der Waals surface area (Å²) in [6, 6.07) is 23.0. The summed E-state index contributed by atoms with van der Waals surface area (Å²) in [6.07, 6.45) is 0.501. The summed E-state index contributed by atoms with van der Waals surface area (Å²) in [5, 5.41) is 3.69. The molecular formula is C25H25ClN2O4S. The normalized spacial score (nSPS) is 15.7. The number of sulfonamides is 1. The largest absolute Gasteiger partial charge is 0.379 e. The Morgan fingerprint density at radius 3 is 2.39 bits per heavy atom. The summed E-state index contributed by atoms with van der Waals surface area (Å²) in [6.45, 7) is 1.32. The van der Waals surface area contributed by atoms with Crippen LogP contribution in [-0.4, -0.2) is 44.9 Å². The van der Waals surface area contributed by atoms with Gasteiger partial charge < -0.3 is 10.1 Å². The summed E-state index contributed by atoms with van der Waals surface area (Å²) in [7, 11) is -3.70. The molecule has 1 atom stereocenters. The Balaban J connectivity index is 1.58. The number of nitrogens with one attached hydrogen (secondary N) is 1. The first kappa shape index (κ1) is 23.4. The highest BCUT2D eigenvalue weighted by Gasteiger charge is 2.27. The Morgan fingerprint density at radius 1 is 0.970 bits per heavy atom. The monoisotopic (exact) mass is 484 g/mol. The number of morpholine rings is 1. The number of carbonyl (C=O) groups excluding carboxylic acids is 1. The second kappa shape index (κ2) is 10.5. The molecule has 1 saturated heterocycles. The molecule has 1 unspecified atom stereocenters. The van der Waals surface area contributed by atoms with Gasteiger partial charge in [-0.2, -0.15) is 4.31 Å². The number of hydrogen-bond donors (Lipinski definition) is 1. The fourth-order valence-corrected chi connectivity index (χ4v) is 5.46. The Hall–Kier alpha value is -2.71. The van der Waals surface area contributed by atoms with E-state index in [2.05, 4.69) is 5.32 Å². The molecule has 0 bridgehead atoms. The smallest absolute Gasteiger partial charge is 0.251 e. The quantitative estimate of drug-likeness (QED) is 0.548. The predicted molar refractivity (Wildman–Crippen MR) is 128 cm³/mol. The Morgan fingerprint density at radius 2 is 1.67 bits per heavy atom. The minimum absolute atomic E-state index is 0.0967. The zero-order chi connectivity index (χ0) is 23.3. The van der Waals surface area contributed by atoms with Crippen molar-refractivity contribution in [2.24, 2.45) is 0 Å². The maximum Gasteiger partial charge on any atom is 0.251 e. The van der Waals surface area contributed by atoms with E-state index in [-0.39, 0.29) is 22.4 Å². The molecule has 1 aliphatic rings. The van der Waals surface area contributed by atoms with Crippen molar-refractivity contribution in [1.82, 2.24) is 9.62 Å². The third kappa shape index (κ3) is 5.62. The van der Waals surface area contributed by atoms with Crippen LogP contribution in [0.3, 0.4) is 0 Å². The first-order chi connectivity index (χ1) is 15.9. The van der Waals surface area contributed by atoms with Gasteiger partial charge in [0.25, 0.3) is 5.91 Å². The van der Waals surface area contributed by atoms with Crippen molar-refractivity contribution in [3.8, 4) is 0 Å². The molecule has 1 aliphatic heterocycles. The first-order valence-corrected chi connectivity index (χ1v) is 12.5. The molecule has 1 N–H and O–H groups in total. The van der Waals surface area contributed by atoms with E-state index in [0.29, 0.717) is 37.7 Å². The minimum atomic E-state index is -3.70. The summed E-state index contributed by atoms with van der Waals surface area (Å²) < 4.78 is 32.7. The number of ether oxygens (including phenoxy) is 1. The molecule has 8 heteroatoms. The average molecular weight is 485 g/mol. The number of carbonyl (C=O) groups is 1. The molecule has 1 heterocycles. The fourth-order valence-electron chi connectivity index (χ4n) is 3.80. The van der Waals surface area contributed by atoms with Gasteiger partial charge in [0.15, 0.2) is 0 Å². The third-order valence-electron chi connectivity index (χ3n) is 5.59. The summed E-state index contributed by atoms with van der Waals surface area (Å²) >= 11 is 6.36. The molecule has 0 aliphatic carbocycles. The maximum absolute atomic E-state index is 13.2. The molecule has 172 valence electrons. The lowest BCUT2D eigenvalue weighted by molar-refractivity contribution is 0.0730. The van der Waals surface area contributed by atoms with E-state index < -0.39 is 10.0 Å². The van der Waals surface area contributed by atoms with Gasteiger partial charge in [0.1, 0.15) is 0 Å². The van der Waals surface area contributed by atoms with Gasteiger partial charge in [-0.15, -0.1) is 0 Å². The Kier molecular flexibility index (Phi) is 7.45. The molecule has 0 aromatic heterocycles. The van der Waals surface area contributed by atoms with E-state index in [1.54, 1.807) is 12.1 Å². The second-order valence-electron chi connectivity index (χ2n) is 7.78. The van der Waals surface area contributed by atoms with Crippen molar-refractivity contribution >= 4 is 27.5 Å². The van der Waals surface area contributed by atoms with Crippen molar-refractivity contribution < 1.29 is 17.9 Å². The molecule has 6 nitrogen and oxygen atoms in total. The zero-order valence-electron chi connectivity index (χ0n) is 18.0. The number of hydrogen-bond acceptors (Lipinski definition) is 4. The Labute approximate surface area is 199 Å². The number of nitrogens with zero attached hydrogens (tertiary/aromatic N) is 1. The van der Waals surface area contributed by atoms with Crippen LogP contribution in [-0.2, 0) is 21.2 Å². The highest BCUT2D eigenvalue weighted by Crippen LogP contribution is 2.25. The van der Waals surface area contributed by atoms with Crippen LogP contribution in [0, 0.1) is 0 Å². The topological polar surface area (TPSA) is 75.7 Å². The summed E-state index contributed by atoms with van der Waals surface area (Å²) in [4.78, 5) is 13.3. The summed E-state index contributed by atoms with van der Waals surface area (Å²) in [5.74, 6) is -0.352. The standard InChI is InChI=1S/C25H25ClN2O4S/c26-23-12-5-4-9-20(23)18-24(19-7-2-1-3-8-19)27-25(29)21-10-6-11-22(17-21)33(30,31)28-13-15-32-16-14-28/h1-12,17,24H,13-16,18H2,(H,27,29). The van der Waals surface area contributed by atoms with Gasteiger partial charge in [-0.1, -0.05) is 66.2 Å². The van der Waals surface area contributed by atoms with E-state index >= 15 is 0 Å². The van der Waals surface area contributed by atoms with Crippen molar-refractivity contribution in [2.45, 2.75) is 17.4 Å². The van der Waals surface area contributed by atoms with Crippen LogP contribution >= 0.6 is 11.6 Å². The average Bonchev–Trinajstić information content (AvgIpc) is 2.86. The first-order valence-electron chi connectivity index (χ1n) is 10.7. The molecule has 0 radical (unpaired) electrons. The number of benzene rings is 3. The molecule has 3 aromatic carbocycles. The van der Waals surface area contributed by atoms with Crippen molar-refractivity contribution in [3.05, 3.63) is 101 Å². The predicted octanol–water partition coefficient (Wildman–Crippen LogP) is 4.07. The Bertz CT molecular complexity index is 1210. The van der Waals surface area contributed by atoms with E-state index in [1.165, 1.54) is 16.4 Å². The van der Waals surface area contributed by atoms with Crippen LogP contribution in [0.2, 0.25) is 5.02 Å². The van der Waals surface area contributed by atoms with Crippen LogP contribution in [0.25, 0.3) is 0 Å². The third-order valence-corrected chi connectivity index (χ3v) is 7.86. The summed E-state index contributed by atoms with van der Waals surface area (Å²) in [5.41, 5.74) is 2.13. The van der Waals surface area contributed by atoms with E-state index in [4.69, 9.17) is 16.3 Å².